The van der Waals surface area contributed by atoms with Gasteiger partial charge in [0.1, 0.15) is 0 Å². The monoisotopic (exact) mass is 353 g/mol. The fourth-order valence-corrected chi connectivity index (χ4v) is 3.02. The zero-order chi connectivity index (χ0) is 17.7. The van der Waals surface area contributed by atoms with Crippen LogP contribution in [0, 0.1) is 6.92 Å². The highest BCUT2D eigenvalue weighted by molar-refractivity contribution is 5.79. The lowest BCUT2D eigenvalue weighted by Crippen LogP contribution is -2.50. The van der Waals surface area contributed by atoms with Crippen LogP contribution in [-0.4, -0.2) is 54.4 Å². The lowest BCUT2D eigenvalue weighted by atomic mass is 10.1. The van der Waals surface area contributed by atoms with Gasteiger partial charge in [-0.05, 0) is 13.0 Å². The van der Waals surface area contributed by atoms with Crippen LogP contribution in [0.25, 0.3) is 22.4 Å². The smallest absolute Gasteiger partial charge is 0.241 e. The molecule has 1 N–H and O–H groups in total. The van der Waals surface area contributed by atoms with Crippen LogP contribution in [0.15, 0.2) is 37.1 Å². The number of hydrogen-bond acceptors (Lipinski definition) is 6. The Hall–Kier alpha value is -3.07. The average molecular weight is 353 g/mol. The van der Waals surface area contributed by atoms with Gasteiger partial charge in [0.25, 0.3) is 0 Å². The number of anilines is 1. The molecule has 1 aliphatic heterocycles. The summed E-state index contributed by atoms with van der Waals surface area (Å²) in [5, 5.41) is 7.33. The second-order valence-corrected chi connectivity index (χ2v) is 6.55. The first-order valence-corrected chi connectivity index (χ1v) is 8.26. The van der Waals surface area contributed by atoms with Gasteiger partial charge in [0.2, 0.25) is 11.7 Å². The second kappa shape index (κ2) is 5.46. The van der Waals surface area contributed by atoms with E-state index in [4.69, 9.17) is 4.74 Å². The molecule has 9 heteroatoms. The molecule has 0 radical (unpaired) electrons. The van der Waals surface area contributed by atoms with Crippen molar-refractivity contribution >= 4 is 17.2 Å². The summed E-state index contributed by atoms with van der Waals surface area (Å²) in [6.07, 6.45) is 9.14. The van der Waals surface area contributed by atoms with Crippen molar-refractivity contribution in [2.75, 3.05) is 25.1 Å². The zero-order valence-corrected chi connectivity index (χ0v) is 14.1. The molecule has 5 heterocycles. The number of ether oxygens (including phenoxy) is 1. The van der Waals surface area contributed by atoms with Gasteiger partial charge in [-0.3, -0.25) is 4.40 Å². The van der Waals surface area contributed by atoms with E-state index in [2.05, 4.69) is 25.4 Å². The minimum atomic E-state index is -1.33. The van der Waals surface area contributed by atoms with Crippen molar-refractivity contribution in [1.29, 1.82) is 0 Å². The van der Waals surface area contributed by atoms with Crippen LogP contribution in [0.5, 0.6) is 0 Å². The molecule has 5 rings (SSSR count). The zero-order valence-electron chi connectivity index (χ0n) is 14.1. The molecule has 4 aromatic heterocycles. The molecule has 0 aromatic carbocycles. The Morgan fingerprint density at radius 2 is 2.08 bits per heavy atom. The first kappa shape index (κ1) is 15.2. The summed E-state index contributed by atoms with van der Waals surface area (Å²) in [5.74, 6) is 1.04. The van der Waals surface area contributed by atoms with Gasteiger partial charge < -0.3 is 10.1 Å². The van der Waals surface area contributed by atoms with Crippen molar-refractivity contribution in [3.8, 4) is 11.1 Å². The fraction of sp³-hybridized carbons (Fsp3) is 0.294. The van der Waals surface area contributed by atoms with E-state index < -0.39 is 5.67 Å². The topological polar surface area (TPSA) is 81.6 Å². The molecule has 0 spiro atoms. The van der Waals surface area contributed by atoms with Crippen LogP contribution in [0.2, 0.25) is 0 Å². The SMILES string of the molecule is Cc1cnc2ncc(-c3ccn4nc(NCC5(F)COC5)ncc34)cn12. The number of hydrogen-bond donors (Lipinski definition) is 1. The van der Waals surface area contributed by atoms with E-state index in [0.717, 1.165) is 22.3 Å². The number of fused-ring (bicyclic) bond motifs is 2. The summed E-state index contributed by atoms with van der Waals surface area (Å²) in [5.41, 5.74) is 2.44. The predicted octanol–water partition coefficient (Wildman–Crippen LogP) is 1.90. The van der Waals surface area contributed by atoms with Crippen molar-refractivity contribution in [1.82, 2.24) is 29.0 Å². The Kier molecular flexibility index (Phi) is 3.20. The van der Waals surface area contributed by atoms with Crippen LogP contribution in [0.3, 0.4) is 0 Å². The summed E-state index contributed by atoms with van der Waals surface area (Å²) in [6.45, 7) is 2.33. The molecule has 4 aromatic rings. The molecule has 132 valence electrons. The second-order valence-electron chi connectivity index (χ2n) is 6.55. The van der Waals surface area contributed by atoms with E-state index in [1.54, 1.807) is 23.1 Å². The van der Waals surface area contributed by atoms with Crippen LogP contribution in [0.4, 0.5) is 10.3 Å². The van der Waals surface area contributed by atoms with Gasteiger partial charge in [-0.2, -0.15) is 0 Å². The van der Waals surface area contributed by atoms with Crippen LogP contribution in [-0.2, 0) is 4.74 Å². The Balaban J connectivity index is 1.47. The molecule has 26 heavy (non-hydrogen) atoms. The van der Waals surface area contributed by atoms with E-state index in [1.165, 1.54) is 0 Å². The molecule has 0 saturated carbocycles. The fourth-order valence-electron chi connectivity index (χ4n) is 3.02. The molecule has 1 fully saturated rings. The largest absolute Gasteiger partial charge is 0.374 e. The molecule has 1 saturated heterocycles. The number of rotatable bonds is 4. The van der Waals surface area contributed by atoms with Crippen molar-refractivity contribution in [2.24, 2.45) is 0 Å². The Labute approximate surface area is 147 Å². The van der Waals surface area contributed by atoms with E-state index in [-0.39, 0.29) is 19.8 Å². The molecule has 1 aliphatic rings. The van der Waals surface area contributed by atoms with Crippen LogP contribution in [0.1, 0.15) is 5.69 Å². The molecule has 0 bridgehead atoms. The van der Waals surface area contributed by atoms with Crippen LogP contribution < -0.4 is 5.32 Å². The normalized spacial score (nSPS) is 16.1. The summed E-state index contributed by atoms with van der Waals surface area (Å²) < 4.78 is 22.6. The standard InChI is InChI=1S/C17H16FN7O/c1-11-4-20-16-21-5-12(7-24(11)16)13-2-3-25-14(13)6-19-15(23-25)22-8-17(18)9-26-10-17/h2-7H,8-10H2,1H3,(H,22,23). The van der Waals surface area contributed by atoms with Crippen LogP contribution >= 0.6 is 0 Å². The highest BCUT2D eigenvalue weighted by Gasteiger charge is 2.38. The van der Waals surface area contributed by atoms with Gasteiger partial charge in [0.15, 0.2) is 5.67 Å². The molecule has 8 nitrogen and oxygen atoms in total. The number of imidazole rings is 1. The molecule has 0 atom stereocenters. The third-order valence-electron chi connectivity index (χ3n) is 4.56. The Bertz CT molecular complexity index is 1110. The first-order chi connectivity index (χ1) is 12.6. The number of halogens is 1. The summed E-state index contributed by atoms with van der Waals surface area (Å²) in [6, 6.07) is 1.96. The number of nitrogens with zero attached hydrogens (tertiary/aromatic N) is 6. The van der Waals surface area contributed by atoms with Crippen molar-refractivity contribution in [2.45, 2.75) is 12.6 Å². The van der Waals surface area contributed by atoms with E-state index in [0.29, 0.717) is 11.7 Å². The first-order valence-electron chi connectivity index (χ1n) is 8.26. The summed E-state index contributed by atoms with van der Waals surface area (Å²) >= 11 is 0. The predicted molar refractivity (Wildman–Crippen MR) is 92.9 cm³/mol. The van der Waals surface area contributed by atoms with Crippen molar-refractivity contribution < 1.29 is 9.13 Å². The number of aryl methyl sites for hydroxylation is 1. The van der Waals surface area contributed by atoms with Crippen molar-refractivity contribution in [3.63, 3.8) is 0 Å². The molecular weight excluding hydrogens is 337 g/mol. The van der Waals surface area contributed by atoms with Gasteiger partial charge >= 0.3 is 0 Å². The maximum absolute atomic E-state index is 14.0. The molecular formula is C17H16FN7O. The molecule has 0 amide bonds. The Morgan fingerprint density at radius 3 is 2.88 bits per heavy atom. The van der Waals surface area contributed by atoms with Gasteiger partial charge in [-0.25, -0.2) is 23.9 Å². The highest BCUT2D eigenvalue weighted by Crippen LogP contribution is 2.26. The van der Waals surface area contributed by atoms with E-state index >= 15 is 0 Å². The molecule has 0 unspecified atom stereocenters. The van der Waals surface area contributed by atoms with Gasteiger partial charge in [0.05, 0.1) is 37.7 Å². The number of alkyl halides is 1. The minimum absolute atomic E-state index is 0.110. The molecule has 0 aliphatic carbocycles. The quantitative estimate of drug-likeness (QED) is 0.603. The number of aromatic nitrogens is 6. The highest BCUT2D eigenvalue weighted by atomic mass is 19.1. The average Bonchev–Trinajstić information content (AvgIpc) is 3.21. The summed E-state index contributed by atoms with van der Waals surface area (Å²) in [4.78, 5) is 12.9. The van der Waals surface area contributed by atoms with Gasteiger partial charge in [-0.1, -0.05) is 0 Å². The lowest BCUT2D eigenvalue weighted by Gasteiger charge is -2.33. The third-order valence-corrected chi connectivity index (χ3v) is 4.56. The van der Waals surface area contributed by atoms with Crippen molar-refractivity contribution in [3.05, 3.63) is 42.7 Å². The van der Waals surface area contributed by atoms with Gasteiger partial charge in [0, 0.05) is 35.4 Å². The maximum Gasteiger partial charge on any atom is 0.241 e. The summed E-state index contributed by atoms with van der Waals surface area (Å²) in [7, 11) is 0. The minimum Gasteiger partial charge on any atom is -0.374 e. The maximum atomic E-state index is 14.0. The van der Waals surface area contributed by atoms with E-state index in [9.17, 15) is 4.39 Å². The Morgan fingerprint density at radius 1 is 1.23 bits per heavy atom. The van der Waals surface area contributed by atoms with E-state index in [1.807, 2.05) is 29.8 Å². The third kappa shape index (κ3) is 2.39. The number of nitrogens with one attached hydrogen (secondary N) is 1. The van der Waals surface area contributed by atoms with Gasteiger partial charge in [-0.15, -0.1) is 5.10 Å². The lowest BCUT2D eigenvalue weighted by molar-refractivity contribution is -0.121.